The Balaban J connectivity index is 2.83. The summed E-state index contributed by atoms with van der Waals surface area (Å²) in [7, 11) is 0. The van der Waals surface area contributed by atoms with Crippen LogP contribution in [0.1, 0.15) is 31.1 Å². The predicted octanol–water partition coefficient (Wildman–Crippen LogP) is 2.31. The summed E-state index contributed by atoms with van der Waals surface area (Å²) in [5.41, 5.74) is 8.74. The lowest BCUT2D eigenvalue weighted by molar-refractivity contribution is 0.0965. The second-order valence-corrected chi connectivity index (χ2v) is 3.70. The van der Waals surface area contributed by atoms with Gasteiger partial charge in [0.05, 0.1) is 0 Å². The smallest absolute Gasteiger partial charge is 0.255 e. The summed E-state index contributed by atoms with van der Waals surface area (Å²) in [5, 5.41) is 2.81. The average Bonchev–Trinajstić information content (AvgIpc) is 2.17. The van der Waals surface area contributed by atoms with Gasteiger partial charge in [-0.1, -0.05) is 11.6 Å². The number of benzene rings is 1. The Bertz CT molecular complexity index is 404. The molecule has 80 valence electrons. The Morgan fingerprint density at radius 2 is 1.93 bits per heavy atom. The van der Waals surface area contributed by atoms with Crippen molar-refractivity contribution >= 4 is 11.6 Å². The molecule has 1 aromatic carbocycles. The van der Waals surface area contributed by atoms with Crippen LogP contribution < -0.4 is 11.1 Å². The van der Waals surface area contributed by atoms with E-state index in [1.165, 1.54) is 0 Å². The zero-order chi connectivity index (χ0) is 11.4. The Hall–Kier alpha value is -1.77. The maximum absolute atomic E-state index is 11.7. The first kappa shape index (κ1) is 11.3. The quantitative estimate of drug-likeness (QED) is 0.726. The fraction of sp³-hybridized carbons (Fsp3) is 0.250. The lowest BCUT2D eigenvalue weighted by Gasteiger charge is -2.07. The molecule has 1 rings (SSSR count). The van der Waals surface area contributed by atoms with Gasteiger partial charge in [0.25, 0.3) is 5.91 Å². The van der Waals surface area contributed by atoms with Crippen LogP contribution >= 0.6 is 0 Å². The van der Waals surface area contributed by atoms with Gasteiger partial charge in [0, 0.05) is 16.9 Å². The van der Waals surface area contributed by atoms with E-state index in [1.807, 2.05) is 20.8 Å². The highest BCUT2D eigenvalue weighted by atomic mass is 16.1. The predicted molar refractivity (Wildman–Crippen MR) is 62.4 cm³/mol. The normalized spacial score (nSPS) is 9.53. The third-order valence-electron chi connectivity index (χ3n) is 2.20. The molecule has 0 fully saturated rings. The van der Waals surface area contributed by atoms with Gasteiger partial charge >= 0.3 is 0 Å². The molecule has 0 heterocycles. The number of amides is 1. The van der Waals surface area contributed by atoms with Gasteiger partial charge in [-0.25, -0.2) is 0 Å². The minimum absolute atomic E-state index is 0.124. The van der Waals surface area contributed by atoms with E-state index < -0.39 is 0 Å². The van der Waals surface area contributed by atoms with Gasteiger partial charge < -0.3 is 11.1 Å². The van der Waals surface area contributed by atoms with Gasteiger partial charge in [0.15, 0.2) is 0 Å². The number of nitrogen functional groups attached to an aromatic ring is 1. The van der Waals surface area contributed by atoms with Crippen molar-refractivity contribution in [3.05, 3.63) is 41.1 Å². The molecule has 1 amide bonds. The lowest BCUT2D eigenvalue weighted by atomic mass is 10.2. The third-order valence-corrected chi connectivity index (χ3v) is 2.20. The van der Waals surface area contributed by atoms with Crippen LogP contribution in [0, 0.1) is 0 Å². The Labute approximate surface area is 90.0 Å². The summed E-state index contributed by atoms with van der Waals surface area (Å²) < 4.78 is 0. The molecule has 15 heavy (non-hydrogen) atoms. The van der Waals surface area contributed by atoms with Crippen LogP contribution in [0.3, 0.4) is 0 Å². The highest BCUT2D eigenvalue weighted by Crippen LogP contribution is 2.07. The van der Waals surface area contributed by atoms with Gasteiger partial charge in [0.1, 0.15) is 0 Å². The Morgan fingerprint density at radius 3 is 2.47 bits per heavy atom. The van der Waals surface area contributed by atoms with Crippen LogP contribution in [0.15, 0.2) is 35.5 Å². The zero-order valence-electron chi connectivity index (χ0n) is 9.29. The van der Waals surface area contributed by atoms with Crippen molar-refractivity contribution in [2.75, 3.05) is 5.73 Å². The molecule has 0 aliphatic heterocycles. The lowest BCUT2D eigenvalue weighted by Crippen LogP contribution is -2.22. The SMILES string of the molecule is CC(C)=C(C)NC(=O)c1cccc(N)c1. The van der Waals surface area contributed by atoms with Gasteiger partial charge in [-0.2, -0.15) is 0 Å². The molecule has 0 bridgehead atoms. The van der Waals surface area contributed by atoms with E-state index in [4.69, 9.17) is 5.73 Å². The zero-order valence-corrected chi connectivity index (χ0v) is 9.29. The minimum atomic E-state index is -0.124. The average molecular weight is 204 g/mol. The summed E-state index contributed by atoms with van der Waals surface area (Å²) in [6.07, 6.45) is 0. The van der Waals surface area contributed by atoms with Crippen molar-refractivity contribution in [3.8, 4) is 0 Å². The fourth-order valence-corrected chi connectivity index (χ4v) is 1.05. The van der Waals surface area contributed by atoms with Crippen molar-refractivity contribution in [1.82, 2.24) is 5.32 Å². The molecular formula is C12H16N2O. The number of anilines is 1. The molecule has 0 radical (unpaired) electrons. The maximum atomic E-state index is 11.7. The number of hydrogen-bond donors (Lipinski definition) is 2. The molecule has 1 aromatic rings. The Kier molecular flexibility index (Phi) is 3.50. The second kappa shape index (κ2) is 4.64. The van der Waals surface area contributed by atoms with E-state index >= 15 is 0 Å². The standard InChI is InChI=1S/C12H16N2O/c1-8(2)9(3)14-12(15)10-5-4-6-11(13)7-10/h4-7H,13H2,1-3H3,(H,14,15). The summed E-state index contributed by atoms with van der Waals surface area (Å²) in [5.74, 6) is -0.124. The van der Waals surface area contributed by atoms with Crippen LogP contribution in [0.4, 0.5) is 5.69 Å². The molecule has 0 aliphatic carbocycles. The Morgan fingerprint density at radius 1 is 1.27 bits per heavy atom. The molecule has 3 nitrogen and oxygen atoms in total. The van der Waals surface area contributed by atoms with Gasteiger partial charge in [-0.3, -0.25) is 4.79 Å². The van der Waals surface area contributed by atoms with E-state index in [0.29, 0.717) is 11.3 Å². The number of allylic oxidation sites excluding steroid dienone is 2. The van der Waals surface area contributed by atoms with Gasteiger partial charge in [0.2, 0.25) is 0 Å². The first-order chi connectivity index (χ1) is 7.00. The van der Waals surface area contributed by atoms with E-state index in [1.54, 1.807) is 24.3 Å². The van der Waals surface area contributed by atoms with Crippen molar-refractivity contribution in [3.63, 3.8) is 0 Å². The first-order valence-electron chi connectivity index (χ1n) is 4.81. The largest absolute Gasteiger partial charge is 0.399 e. The van der Waals surface area contributed by atoms with E-state index in [9.17, 15) is 4.79 Å². The van der Waals surface area contributed by atoms with E-state index in [0.717, 1.165) is 11.3 Å². The topological polar surface area (TPSA) is 55.1 Å². The highest BCUT2D eigenvalue weighted by molar-refractivity contribution is 5.96. The molecule has 3 heteroatoms. The number of carbonyl (C=O) groups excluding carboxylic acids is 1. The molecule has 0 saturated heterocycles. The number of nitrogens with two attached hydrogens (primary N) is 1. The van der Waals surface area contributed by atoms with Crippen LogP contribution in [0.2, 0.25) is 0 Å². The van der Waals surface area contributed by atoms with Crippen LogP contribution in [-0.4, -0.2) is 5.91 Å². The van der Waals surface area contributed by atoms with Gasteiger partial charge in [-0.05, 0) is 39.0 Å². The summed E-state index contributed by atoms with van der Waals surface area (Å²) in [6.45, 7) is 5.78. The van der Waals surface area contributed by atoms with Crippen molar-refractivity contribution < 1.29 is 4.79 Å². The molecule has 0 saturated carbocycles. The molecule has 0 spiro atoms. The monoisotopic (exact) mass is 204 g/mol. The fourth-order valence-electron chi connectivity index (χ4n) is 1.05. The highest BCUT2D eigenvalue weighted by Gasteiger charge is 2.05. The first-order valence-corrected chi connectivity index (χ1v) is 4.81. The number of carbonyl (C=O) groups is 1. The minimum Gasteiger partial charge on any atom is -0.399 e. The molecule has 0 unspecified atom stereocenters. The summed E-state index contributed by atoms with van der Waals surface area (Å²) in [4.78, 5) is 11.7. The van der Waals surface area contributed by atoms with Gasteiger partial charge in [-0.15, -0.1) is 0 Å². The molecule has 3 N–H and O–H groups in total. The summed E-state index contributed by atoms with van der Waals surface area (Å²) in [6, 6.07) is 6.92. The molecule has 0 atom stereocenters. The molecule has 0 aromatic heterocycles. The summed E-state index contributed by atoms with van der Waals surface area (Å²) >= 11 is 0. The van der Waals surface area contributed by atoms with E-state index in [-0.39, 0.29) is 5.91 Å². The number of nitrogens with one attached hydrogen (secondary N) is 1. The maximum Gasteiger partial charge on any atom is 0.255 e. The number of hydrogen-bond acceptors (Lipinski definition) is 2. The number of rotatable bonds is 2. The van der Waals surface area contributed by atoms with Crippen molar-refractivity contribution in [1.29, 1.82) is 0 Å². The van der Waals surface area contributed by atoms with Crippen molar-refractivity contribution in [2.45, 2.75) is 20.8 Å². The van der Waals surface area contributed by atoms with E-state index in [2.05, 4.69) is 5.32 Å². The second-order valence-electron chi connectivity index (χ2n) is 3.70. The van der Waals surface area contributed by atoms with Crippen LogP contribution in [0.5, 0.6) is 0 Å². The molecule has 0 aliphatic rings. The third kappa shape index (κ3) is 3.13. The van der Waals surface area contributed by atoms with Crippen molar-refractivity contribution in [2.24, 2.45) is 0 Å². The molecular weight excluding hydrogens is 188 g/mol. The van der Waals surface area contributed by atoms with Crippen LogP contribution in [0.25, 0.3) is 0 Å². The van der Waals surface area contributed by atoms with Crippen LogP contribution in [-0.2, 0) is 0 Å².